The van der Waals surface area contributed by atoms with Crippen LogP contribution in [0.15, 0.2) is 0 Å². The molecule has 0 aromatic heterocycles. The molecule has 0 saturated carbocycles. The zero-order valence-corrected chi connectivity index (χ0v) is 9.82. The van der Waals surface area contributed by atoms with Gasteiger partial charge in [-0.3, -0.25) is 5.43 Å². The van der Waals surface area contributed by atoms with E-state index in [0.29, 0.717) is 19.4 Å². The van der Waals surface area contributed by atoms with Crippen molar-refractivity contribution in [2.24, 2.45) is 0 Å². The van der Waals surface area contributed by atoms with Gasteiger partial charge in [-0.2, -0.15) is 0 Å². The molecule has 16 heavy (non-hydrogen) atoms. The molecule has 94 valence electrons. The molecule has 0 radical (unpaired) electrons. The minimum atomic E-state index is -1.05. The number of aliphatic carboxylic acids is 1. The second kappa shape index (κ2) is 7.89. The van der Waals surface area contributed by atoms with Crippen LogP contribution in [0.4, 0.5) is 4.79 Å². The lowest BCUT2D eigenvalue weighted by molar-refractivity contribution is -0.139. The maximum atomic E-state index is 11.2. The zero-order valence-electron chi connectivity index (χ0n) is 9.82. The summed E-state index contributed by atoms with van der Waals surface area (Å²) >= 11 is 0. The van der Waals surface area contributed by atoms with Crippen LogP contribution in [0.5, 0.6) is 0 Å². The first kappa shape index (κ1) is 14.7. The number of nitrogens with zero attached hydrogens (tertiary/aromatic N) is 1. The van der Waals surface area contributed by atoms with E-state index in [9.17, 15) is 9.59 Å². The number of carboxylic acids is 1. The van der Waals surface area contributed by atoms with E-state index in [1.807, 2.05) is 0 Å². The monoisotopic (exact) mass is 233 g/mol. The largest absolute Gasteiger partial charge is 0.480 e. The molecule has 0 aliphatic carbocycles. The molecular weight excluding hydrogens is 214 g/mol. The number of hydrogen-bond donors (Lipinski definition) is 3. The summed E-state index contributed by atoms with van der Waals surface area (Å²) in [4.78, 5) is 22.1. The van der Waals surface area contributed by atoms with Crippen molar-refractivity contribution in [2.45, 2.75) is 18.9 Å². The molecule has 0 aromatic carbocycles. The second-order valence-corrected chi connectivity index (χ2v) is 3.51. The molecule has 0 fully saturated rings. The molecule has 3 N–H and O–H groups in total. The Morgan fingerprint density at radius 2 is 2.06 bits per heavy atom. The highest BCUT2D eigenvalue weighted by Gasteiger charge is 2.19. The van der Waals surface area contributed by atoms with Gasteiger partial charge >= 0.3 is 12.0 Å². The highest BCUT2D eigenvalue weighted by molar-refractivity contribution is 5.82. The number of hydrogen-bond acceptors (Lipinski definition) is 4. The Labute approximate surface area is 94.7 Å². The topological polar surface area (TPSA) is 90.9 Å². The first-order chi connectivity index (χ1) is 7.47. The Hall–Kier alpha value is -1.34. The van der Waals surface area contributed by atoms with Crippen molar-refractivity contribution in [3.63, 3.8) is 0 Å². The summed E-state index contributed by atoms with van der Waals surface area (Å²) in [7, 11) is 4.82. The van der Waals surface area contributed by atoms with E-state index in [2.05, 4.69) is 10.7 Å². The lowest BCUT2D eigenvalue weighted by Gasteiger charge is -2.17. The Morgan fingerprint density at radius 3 is 2.50 bits per heavy atom. The highest BCUT2D eigenvalue weighted by Crippen LogP contribution is 1.98. The molecule has 0 rings (SSSR count). The van der Waals surface area contributed by atoms with E-state index in [0.717, 1.165) is 0 Å². The van der Waals surface area contributed by atoms with Gasteiger partial charge in [-0.1, -0.05) is 0 Å². The van der Waals surface area contributed by atoms with Crippen molar-refractivity contribution in [3.8, 4) is 0 Å². The fourth-order valence-corrected chi connectivity index (χ4v) is 1.08. The molecule has 0 heterocycles. The Balaban J connectivity index is 4.02. The predicted octanol–water partition coefficient (Wildman–Crippen LogP) is -0.358. The molecule has 0 aromatic rings. The number of carbonyl (C=O) groups is 2. The van der Waals surface area contributed by atoms with Crippen molar-refractivity contribution in [3.05, 3.63) is 0 Å². The van der Waals surface area contributed by atoms with Crippen LogP contribution in [0.1, 0.15) is 12.8 Å². The van der Waals surface area contributed by atoms with Crippen LogP contribution in [-0.2, 0) is 9.53 Å². The van der Waals surface area contributed by atoms with E-state index in [-0.39, 0.29) is 0 Å². The van der Waals surface area contributed by atoms with Gasteiger partial charge in [0.2, 0.25) is 0 Å². The van der Waals surface area contributed by atoms with Crippen LogP contribution in [0, 0.1) is 0 Å². The van der Waals surface area contributed by atoms with Crippen molar-refractivity contribution < 1.29 is 19.4 Å². The molecule has 0 spiro atoms. The summed E-state index contributed by atoms with van der Waals surface area (Å²) in [5, 5.41) is 12.7. The van der Waals surface area contributed by atoms with Gasteiger partial charge in [0.25, 0.3) is 0 Å². The number of urea groups is 1. The fraction of sp³-hybridized carbons (Fsp3) is 0.778. The van der Waals surface area contributed by atoms with Crippen LogP contribution in [-0.4, -0.2) is 56.0 Å². The predicted molar refractivity (Wildman–Crippen MR) is 57.9 cm³/mol. The molecular formula is C9H19N3O4. The van der Waals surface area contributed by atoms with Crippen LogP contribution in [0.2, 0.25) is 0 Å². The first-order valence-corrected chi connectivity index (χ1v) is 4.93. The van der Waals surface area contributed by atoms with E-state index in [1.54, 1.807) is 21.2 Å². The fourth-order valence-electron chi connectivity index (χ4n) is 1.08. The second-order valence-electron chi connectivity index (χ2n) is 3.51. The van der Waals surface area contributed by atoms with Gasteiger partial charge in [0.1, 0.15) is 6.04 Å². The van der Waals surface area contributed by atoms with Crippen molar-refractivity contribution in [1.82, 2.24) is 15.8 Å². The van der Waals surface area contributed by atoms with Gasteiger partial charge in [0, 0.05) is 27.8 Å². The summed E-state index contributed by atoms with van der Waals surface area (Å²) < 4.78 is 4.81. The number of ether oxygens (including phenoxy) is 1. The smallest absolute Gasteiger partial charge is 0.330 e. The normalized spacial score (nSPS) is 12.2. The maximum absolute atomic E-state index is 11.2. The van der Waals surface area contributed by atoms with Crippen molar-refractivity contribution in [2.75, 3.05) is 27.8 Å². The van der Waals surface area contributed by atoms with E-state index in [1.165, 1.54) is 5.01 Å². The third-order valence-electron chi connectivity index (χ3n) is 1.77. The number of methoxy groups -OCH3 is 1. The summed E-state index contributed by atoms with van der Waals surface area (Å²) in [6.07, 6.45) is 0.916. The molecule has 1 atom stereocenters. The Morgan fingerprint density at radius 1 is 1.44 bits per heavy atom. The van der Waals surface area contributed by atoms with Gasteiger partial charge in [0.05, 0.1) is 0 Å². The first-order valence-electron chi connectivity index (χ1n) is 4.93. The standard InChI is InChI=1S/C9H19N3O4/c1-12(2)11-9(15)10-7(8(13)14)5-4-6-16-3/h7H,4-6H2,1-3H3,(H,13,14)(H2,10,11,15). The average molecular weight is 233 g/mol. The third-order valence-corrected chi connectivity index (χ3v) is 1.77. The quantitative estimate of drug-likeness (QED) is 0.413. The Kier molecular flexibility index (Phi) is 7.23. The molecule has 1 unspecified atom stereocenters. The Bertz CT molecular complexity index is 233. The minimum absolute atomic E-state index is 0.337. The minimum Gasteiger partial charge on any atom is -0.480 e. The van der Waals surface area contributed by atoms with Crippen LogP contribution < -0.4 is 10.7 Å². The summed E-state index contributed by atoms with van der Waals surface area (Å²) in [6.45, 7) is 0.473. The van der Waals surface area contributed by atoms with Gasteiger partial charge < -0.3 is 15.2 Å². The third kappa shape index (κ3) is 7.02. The summed E-state index contributed by atoms with van der Waals surface area (Å²) in [5.41, 5.74) is 2.41. The van der Waals surface area contributed by atoms with Crippen LogP contribution in [0.25, 0.3) is 0 Å². The summed E-state index contributed by atoms with van der Waals surface area (Å²) in [6, 6.07) is -1.43. The maximum Gasteiger partial charge on any atom is 0.330 e. The average Bonchev–Trinajstić information content (AvgIpc) is 2.15. The van der Waals surface area contributed by atoms with Gasteiger partial charge in [-0.15, -0.1) is 0 Å². The molecule has 0 saturated heterocycles. The summed E-state index contributed by atoms with van der Waals surface area (Å²) in [5.74, 6) is -1.05. The number of nitrogens with one attached hydrogen (secondary N) is 2. The number of carboxylic acid groups (broad SMARTS) is 1. The lowest BCUT2D eigenvalue weighted by Crippen LogP contribution is -2.49. The molecule has 0 aliphatic rings. The lowest BCUT2D eigenvalue weighted by atomic mass is 10.1. The van der Waals surface area contributed by atoms with Crippen molar-refractivity contribution >= 4 is 12.0 Å². The van der Waals surface area contributed by atoms with Crippen LogP contribution >= 0.6 is 0 Å². The number of carbonyl (C=O) groups excluding carboxylic acids is 1. The molecule has 0 aliphatic heterocycles. The molecule has 7 heteroatoms. The number of rotatable bonds is 7. The molecule has 0 bridgehead atoms. The SMILES string of the molecule is COCCCC(NC(=O)NN(C)C)C(=O)O. The van der Waals surface area contributed by atoms with E-state index >= 15 is 0 Å². The van der Waals surface area contributed by atoms with Gasteiger partial charge in [-0.25, -0.2) is 14.6 Å². The van der Waals surface area contributed by atoms with Crippen molar-refractivity contribution in [1.29, 1.82) is 0 Å². The van der Waals surface area contributed by atoms with Gasteiger partial charge in [0.15, 0.2) is 0 Å². The number of hydrazine groups is 1. The van der Waals surface area contributed by atoms with Gasteiger partial charge in [-0.05, 0) is 12.8 Å². The van der Waals surface area contributed by atoms with E-state index < -0.39 is 18.0 Å². The highest BCUT2D eigenvalue weighted by atomic mass is 16.5. The molecule has 7 nitrogen and oxygen atoms in total. The molecule has 2 amide bonds. The van der Waals surface area contributed by atoms with E-state index in [4.69, 9.17) is 9.84 Å². The zero-order chi connectivity index (χ0) is 12.6. The van der Waals surface area contributed by atoms with Crippen LogP contribution in [0.3, 0.4) is 0 Å². The number of amides is 2.